The molecule has 0 bridgehead atoms. The van der Waals surface area contributed by atoms with Crippen LogP contribution in [0.25, 0.3) is 0 Å². The first-order valence-corrected chi connectivity index (χ1v) is 8.04. The summed E-state index contributed by atoms with van der Waals surface area (Å²) in [5.74, 6) is -1.16. The van der Waals surface area contributed by atoms with Gasteiger partial charge in [-0.1, -0.05) is 18.2 Å². The van der Waals surface area contributed by atoms with Crippen LogP contribution < -0.4 is 11.1 Å². The van der Waals surface area contributed by atoms with Gasteiger partial charge in [0.1, 0.15) is 11.4 Å². The van der Waals surface area contributed by atoms with Gasteiger partial charge in [0.05, 0.1) is 22.0 Å². The average molecular weight is 316 g/mol. The Kier molecular flexibility index (Phi) is 3.38. The number of hydrogen-bond donors (Lipinski definition) is 2. The molecule has 0 atom stereocenters. The van der Waals surface area contributed by atoms with Crippen molar-refractivity contribution in [1.29, 1.82) is 0 Å². The van der Waals surface area contributed by atoms with Gasteiger partial charge in [0.15, 0.2) is 9.84 Å². The highest BCUT2D eigenvalue weighted by molar-refractivity contribution is 7.92. The lowest BCUT2D eigenvalue weighted by Crippen LogP contribution is -2.29. The molecule has 1 aliphatic rings. The number of carbonyl (C=O) groups excluding carboxylic acids is 1. The minimum atomic E-state index is -3.66. The topological polar surface area (TPSA) is 114 Å². The Balaban J connectivity index is 2.03. The number of hydrogen-bond acceptors (Lipinski definition) is 6. The van der Waals surface area contributed by atoms with Crippen LogP contribution in [-0.4, -0.2) is 20.1 Å². The summed E-state index contributed by atoms with van der Waals surface area (Å²) in [5, 5.41) is 10.5. The molecule has 2 aromatic carbocycles. The summed E-state index contributed by atoms with van der Waals surface area (Å²) in [6.07, 6.45) is 0. The third kappa shape index (κ3) is 2.68. The van der Waals surface area contributed by atoms with Crippen molar-refractivity contribution in [3.63, 3.8) is 0 Å². The van der Waals surface area contributed by atoms with E-state index in [1.54, 1.807) is 12.1 Å². The number of amides is 1. The van der Waals surface area contributed by atoms with E-state index in [9.17, 15) is 13.2 Å². The molecule has 22 heavy (non-hydrogen) atoms. The number of anilines is 2. The zero-order valence-corrected chi connectivity index (χ0v) is 12.2. The van der Waals surface area contributed by atoms with Gasteiger partial charge in [-0.05, 0) is 24.3 Å². The highest BCUT2D eigenvalue weighted by atomic mass is 32.2. The lowest BCUT2D eigenvalue weighted by atomic mass is 10.2. The highest BCUT2D eigenvalue weighted by Gasteiger charge is 2.29. The van der Waals surface area contributed by atoms with Crippen LogP contribution in [-0.2, 0) is 14.6 Å². The van der Waals surface area contributed by atoms with Crippen molar-refractivity contribution in [2.24, 2.45) is 10.2 Å². The molecule has 3 rings (SSSR count). The van der Waals surface area contributed by atoms with Crippen molar-refractivity contribution in [3.8, 4) is 0 Å². The van der Waals surface area contributed by atoms with Crippen LogP contribution in [0.2, 0.25) is 0 Å². The van der Waals surface area contributed by atoms with Crippen molar-refractivity contribution in [2.45, 2.75) is 4.90 Å². The summed E-state index contributed by atoms with van der Waals surface area (Å²) in [4.78, 5) is 11.4. The molecule has 112 valence electrons. The van der Waals surface area contributed by atoms with Crippen LogP contribution in [0.15, 0.2) is 57.6 Å². The maximum Gasteiger partial charge on any atom is 0.239 e. The molecule has 0 aromatic heterocycles. The van der Waals surface area contributed by atoms with Crippen molar-refractivity contribution >= 4 is 38.5 Å². The Hall–Kier alpha value is -2.74. The monoisotopic (exact) mass is 316 g/mol. The zero-order chi connectivity index (χ0) is 15.7. The third-order valence-electron chi connectivity index (χ3n) is 3.09. The molecule has 7 nitrogen and oxygen atoms in total. The van der Waals surface area contributed by atoms with E-state index >= 15 is 0 Å². The predicted octanol–water partition coefficient (Wildman–Crippen LogP) is 2.41. The van der Waals surface area contributed by atoms with E-state index < -0.39 is 21.5 Å². The molecule has 2 aromatic rings. The van der Waals surface area contributed by atoms with Crippen LogP contribution >= 0.6 is 0 Å². The van der Waals surface area contributed by atoms with Crippen LogP contribution in [0.3, 0.4) is 0 Å². The summed E-state index contributed by atoms with van der Waals surface area (Å²) in [7, 11) is -3.66. The lowest BCUT2D eigenvalue weighted by Gasteiger charge is -2.18. The van der Waals surface area contributed by atoms with E-state index in [-0.39, 0.29) is 16.3 Å². The van der Waals surface area contributed by atoms with Gasteiger partial charge in [0, 0.05) is 0 Å². The first-order valence-electron chi connectivity index (χ1n) is 6.39. The number of nitrogens with zero attached hydrogens (tertiary/aromatic N) is 2. The fourth-order valence-corrected chi connectivity index (χ4v) is 3.39. The third-order valence-corrected chi connectivity index (χ3v) is 4.74. The second-order valence-electron chi connectivity index (χ2n) is 4.75. The maximum atomic E-state index is 12.0. The molecule has 0 fully saturated rings. The molecular weight excluding hydrogens is 304 g/mol. The summed E-state index contributed by atoms with van der Waals surface area (Å²) in [6, 6.07) is 11.7. The summed E-state index contributed by atoms with van der Waals surface area (Å²) in [5.41, 5.74) is 7.11. The summed E-state index contributed by atoms with van der Waals surface area (Å²) < 4.78 is 23.9. The molecule has 0 unspecified atom stereocenters. The van der Waals surface area contributed by atoms with Gasteiger partial charge >= 0.3 is 0 Å². The van der Waals surface area contributed by atoms with Gasteiger partial charge in [-0.3, -0.25) is 4.79 Å². The fourth-order valence-electron chi connectivity index (χ4n) is 2.07. The molecule has 1 aliphatic heterocycles. The quantitative estimate of drug-likeness (QED) is 0.654. The Morgan fingerprint density at radius 1 is 1.09 bits per heavy atom. The van der Waals surface area contributed by atoms with Gasteiger partial charge in [0.2, 0.25) is 5.91 Å². The number of fused-ring (bicyclic) bond motifs is 1. The molecule has 0 spiro atoms. The normalized spacial score (nSPS) is 16.3. The molecule has 1 heterocycles. The Morgan fingerprint density at radius 2 is 1.82 bits per heavy atom. The number of sulfone groups is 1. The Morgan fingerprint density at radius 3 is 2.55 bits per heavy atom. The fraction of sp³-hybridized carbons (Fsp3) is 0.0714. The van der Waals surface area contributed by atoms with Gasteiger partial charge < -0.3 is 11.1 Å². The van der Waals surface area contributed by atoms with Crippen molar-refractivity contribution in [3.05, 3.63) is 42.5 Å². The number of benzene rings is 2. The van der Waals surface area contributed by atoms with Crippen LogP contribution in [0, 0.1) is 0 Å². The van der Waals surface area contributed by atoms with Gasteiger partial charge in [-0.15, -0.1) is 5.11 Å². The molecule has 0 saturated carbocycles. The van der Waals surface area contributed by atoms with E-state index in [1.807, 2.05) is 18.2 Å². The minimum Gasteiger partial charge on any atom is -0.397 e. The van der Waals surface area contributed by atoms with E-state index in [4.69, 9.17) is 5.73 Å². The Labute approximate surface area is 126 Å². The zero-order valence-electron chi connectivity index (χ0n) is 11.4. The van der Waals surface area contributed by atoms with Crippen molar-refractivity contribution < 1.29 is 13.2 Å². The molecule has 3 N–H and O–H groups in total. The molecule has 1 amide bonds. The molecule has 8 heteroatoms. The van der Waals surface area contributed by atoms with Crippen LogP contribution in [0.5, 0.6) is 0 Å². The first-order chi connectivity index (χ1) is 10.5. The molecule has 0 aliphatic carbocycles. The van der Waals surface area contributed by atoms with E-state index in [2.05, 4.69) is 15.5 Å². The number of nitrogens with one attached hydrogen (secondary N) is 1. The standard InChI is InChI=1S/C14H12N4O3S/c15-10-6-13-12(16-14(19)8-22(13,20)21)7-11(10)18-17-9-4-2-1-3-5-9/h1-7H,8,15H2,(H,16,19). The number of azo groups is 1. The first kappa shape index (κ1) is 14.2. The number of carbonyl (C=O) groups is 1. The lowest BCUT2D eigenvalue weighted by molar-refractivity contribution is -0.114. The second kappa shape index (κ2) is 5.23. The van der Waals surface area contributed by atoms with Gasteiger partial charge in [0.25, 0.3) is 0 Å². The number of nitrogen functional groups attached to an aromatic ring is 1. The largest absolute Gasteiger partial charge is 0.397 e. The predicted molar refractivity (Wildman–Crippen MR) is 82.2 cm³/mol. The smallest absolute Gasteiger partial charge is 0.239 e. The van der Waals surface area contributed by atoms with Gasteiger partial charge in [-0.25, -0.2) is 8.42 Å². The van der Waals surface area contributed by atoms with E-state index in [0.717, 1.165) is 0 Å². The maximum absolute atomic E-state index is 12.0. The summed E-state index contributed by atoms with van der Waals surface area (Å²) >= 11 is 0. The number of nitrogens with two attached hydrogens (primary N) is 1. The van der Waals surface area contributed by atoms with Crippen LogP contribution in [0.1, 0.15) is 0 Å². The average Bonchev–Trinajstić information content (AvgIpc) is 2.46. The highest BCUT2D eigenvalue weighted by Crippen LogP contribution is 2.35. The van der Waals surface area contributed by atoms with E-state index in [1.165, 1.54) is 12.1 Å². The van der Waals surface area contributed by atoms with Crippen LogP contribution in [0.4, 0.5) is 22.7 Å². The minimum absolute atomic E-state index is 0.00302. The molecular formula is C14H12N4O3S. The van der Waals surface area contributed by atoms with Crippen molar-refractivity contribution in [2.75, 3.05) is 16.8 Å². The second-order valence-corrected chi connectivity index (χ2v) is 6.71. The van der Waals surface area contributed by atoms with Gasteiger partial charge in [-0.2, -0.15) is 5.11 Å². The number of rotatable bonds is 2. The molecule has 0 radical (unpaired) electrons. The van der Waals surface area contributed by atoms with Crippen molar-refractivity contribution in [1.82, 2.24) is 0 Å². The SMILES string of the molecule is Nc1cc2c(cc1N=Nc1ccccc1)NC(=O)CS2(=O)=O. The molecule has 0 saturated heterocycles. The Bertz CT molecular complexity index is 876. The van der Waals surface area contributed by atoms with E-state index in [0.29, 0.717) is 11.4 Å². The summed E-state index contributed by atoms with van der Waals surface area (Å²) in [6.45, 7) is 0.